The first kappa shape index (κ1) is 15.2. The van der Waals surface area contributed by atoms with Crippen LogP contribution in [0.5, 0.6) is 0 Å². The zero-order valence-electron chi connectivity index (χ0n) is 11.6. The highest BCUT2D eigenvalue weighted by Gasteiger charge is 2.27. The number of fused-ring (bicyclic) bond motifs is 1. The normalized spacial score (nSPS) is 14.8. The second-order valence-corrected chi connectivity index (χ2v) is 4.67. The number of nitrogens with one attached hydrogen (secondary N) is 1. The van der Waals surface area contributed by atoms with Crippen LogP contribution in [0.15, 0.2) is 18.2 Å². The number of hydrogen-bond acceptors (Lipinski definition) is 5. The summed E-state index contributed by atoms with van der Waals surface area (Å²) in [6, 6.07) is 5.20. The summed E-state index contributed by atoms with van der Waals surface area (Å²) in [6.45, 7) is -0.524. The summed E-state index contributed by atoms with van der Waals surface area (Å²) in [5.74, 6) is -0.845. The zero-order chi connectivity index (χ0) is 15.4. The summed E-state index contributed by atoms with van der Waals surface area (Å²) >= 11 is 0. The number of methoxy groups -OCH3 is 1. The molecule has 1 aromatic carbocycles. The maximum Gasteiger partial charge on any atom is 0.336 e. The lowest BCUT2D eigenvalue weighted by molar-refractivity contribution is -0.149. The van der Waals surface area contributed by atoms with Gasteiger partial charge in [0.25, 0.3) is 0 Å². The number of anilines is 2. The van der Waals surface area contributed by atoms with Crippen LogP contribution in [-0.2, 0) is 20.7 Å². The number of rotatable bonds is 6. The van der Waals surface area contributed by atoms with E-state index in [1.807, 2.05) is 0 Å². The lowest BCUT2D eigenvalue weighted by Crippen LogP contribution is -2.29. The lowest BCUT2D eigenvalue weighted by Gasteiger charge is -2.16. The summed E-state index contributed by atoms with van der Waals surface area (Å²) in [5, 5.41) is 12.4. The molecule has 0 radical (unpaired) electrons. The fraction of sp³-hybridized carbons (Fsp3) is 0.429. The smallest absolute Gasteiger partial charge is 0.336 e. The monoisotopic (exact) mass is 296 g/mol. The highest BCUT2D eigenvalue weighted by Crippen LogP contribution is 2.31. The fourth-order valence-electron chi connectivity index (χ4n) is 2.26. The molecule has 1 amide bonds. The number of benzene rings is 1. The molecule has 0 spiro atoms. The van der Waals surface area contributed by atoms with Crippen molar-refractivity contribution in [1.82, 2.24) is 0 Å². The Bertz CT molecular complexity index is 550. The average Bonchev–Trinajstić information content (AvgIpc) is 2.79. The number of halogens is 1. The van der Waals surface area contributed by atoms with Gasteiger partial charge in [-0.3, -0.25) is 4.79 Å². The fourth-order valence-corrected chi connectivity index (χ4v) is 2.26. The number of amides is 1. The van der Waals surface area contributed by atoms with Crippen molar-refractivity contribution in [2.45, 2.75) is 12.5 Å². The van der Waals surface area contributed by atoms with Crippen molar-refractivity contribution in [2.24, 2.45) is 0 Å². The molecule has 1 heterocycles. The van der Waals surface area contributed by atoms with E-state index in [-0.39, 0.29) is 25.4 Å². The number of hydrogen-bond donors (Lipinski definition) is 2. The Labute approximate surface area is 121 Å². The van der Waals surface area contributed by atoms with Gasteiger partial charge in [0, 0.05) is 11.4 Å². The standard InChI is InChI=1S/C14H17FN2O4/c1-21-14(20)12(18)8-16-10-2-3-11-9(6-10)7-13(19)17(11)5-4-15/h2-3,6,12,16,18H,4-5,7-8H2,1H3. The van der Waals surface area contributed by atoms with Crippen LogP contribution in [0.2, 0.25) is 0 Å². The van der Waals surface area contributed by atoms with Gasteiger partial charge in [0.2, 0.25) is 5.91 Å². The van der Waals surface area contributed by atoms with Crippen LogP contribution >= 0.6 is 0 Å². The van der Waals surface area contributed by atoms with E-state index in [9.17, 15) is 19.1 Å². The molecule has 114 valence electrons. The summed E-state index contributed by atoms with van der Waals surface area (Å²) < 4.78 is 16.8. The van der Waals surface area contributed by atoms with Gasteiger partial charge in [-0.05, 0) is 23.8 Å². The van der Waals surface area contributed by atoms with Crippen LogP contribution in [0.4, 0.5) is 15.8 Å². The molecule has 0 bridgehead atoms. The van der Waals surface area contributed by atoms with Gasteiger partial charge in [0.15, 0.2) is 6.10 Å². The molecule has 2 rings (SSSR count). The van der Waals surface area contributed by atoms with E-state index < -0.39 is 18.7 Å². The van der Waals surface area contributed by atoms with E-state index in [0.717, 1.165) is 5.56 Å². The van der Waals surface area contributed by atoms with Crippen molar-refractivity contribution in [2.75, 3.05) is 37.1 Å². The Balaban J connectivity index is 2.04. The first-order chi connectivity index (χ1) is 10.1. The number of carbonyl (C=O) groups is 2. The van der Waals surface area contributed by atoms with E-state index in [4.69, 9.17) is 0 Å². The van der Waals surface area contributed by atoms with Gasteiger partial charge >= 0.3 is 5.97 Å². The number of ether oxygens (including phenoxy) is 1. The van der Waals surface area contributed by atoms with Crippen LogP contribution in [0.3, 0.4) is 0 Å². The van der Waals surface area contributed by atoms with E-state index in [0.29, 0.717) is 11.4 Å². The quantitative estimate of drug-likeness (QED) is 0.747. The van der Waals surface area contributed by atoms with Crippen molar-refractivity contribution in [3.05, 3.63) is 23.8 Å². The van der Waals surface area contributed by atoms with Gasteiger partial charge in [-0.2, -0.15) is 0 Å². The number of nitrogens with zero attached hydrogens (tertiary/aromatic N) is 1. The Morgan fingerprint density at radius 3 is 3.00 bits per heavy atom. The predicted molar refractivity (Wildman–Crippen MR) is 75.0 cm³/mol. The summed E-state index contributed by atoms with van der Waals surface area (Å²) in [5.41, 5.74) is 2.18. The summed E-state index contributed by atoms with van der Waals surface area (Å²) in [7, 11) is 1.20. The third-order valence-corrected chi connectivity index (χ3v) is 3.29. The minimum atomic E-state index is -1.26. The SMILES string of the molecule is COC(=O)C(O)CNc1ccc2c(c1)CC(=O)N2CCF. The number of carbonyl (C=O) groups excluding carboxylic acids is 2. The molecule has 2 N–H and O–H groups in total. The number of aliphatic hydroxyl groups excluding tert-OH is 1. The summed E-state index contributed by atoms with van der Waals surface area (Å²) in [6.07, 6.45) is -1.03. The molecule has 0 saturated carbocycles. The minimum absolute atomic E-state index is 0.00754. The van der Waals surface area contributed by atoms with Gasteiger partial charge < -0.3 is 20.1 Å². The maximum atomic E-state index is 12.4. The number of aliphatic hydroxyl groups is 1. The van der Waals surface area contributed by atoms with Gasteiger partial charge in [-0.25, -0.2) is 9.18 Å². The van der Waals surface area contributed by atoms with Gasteiger partial charge in [-0.1, -0.05) is 0 Å². The molecule has 21 heavy (non-hydrogen) atoms. The molecule has 1 aliphatic heterocycles. The topological polar surface area (TPSA) is 78.9 Å². The highest BCUT2D eigenvalue weighted by atomic mass is 19.1. The molecule has 0 fully saturated rings. The van der Waals surface area contributed by atoms with E-state index in [1.165, 1.54) is 12.0 Å². The van der Waals surface area contributed by atoms with Crippen molar-refractivity contribution in [3.63, 3.8) is 0 Å². The van der Waals surface area contributed by atoms with Gasteiger partial charge in [0.1, 0.15) is 6.67 Å². The highest BCUT2D eigenvalue weighted by molar-refractivity contribution is 6.01. The van der Waals surface area contributed by atoms with Crippen LogP contribution in [0, 0.1) is 0 Å². The first-order valence-corrected chi connectivity index (χ1v) is 6.56. The molecule has 7 heteroatoms. The molecular formula is C14H17FN2O4. The molecule has 0 aromatic heterocycles. The maximum absolute atomic E-state index is 12.4. The molecule has 1 atom stereocenters. The third-order valence-electron chi connectivity index (χ3n) is 3.29. The molecular weight excluding hydrogens is 279 g/mol. The summed E-state index contributed by atoms with van der Waals surface area (Å²) in [4.78, 5) is 24.3. The molecule has 1 aromatic rings. The van der Waals surface area contributed by atoms with Gasteiger partial charge in [-0.15, -0.1) is 0 Å². The Morgan fingerprint density at radius 2 is 2.33 bits per heavy atom. The van der Waals surface area contributed by atoms with Crippen LogP contribution in [-0.4, -0.2) is 50.0 Å². The molecule has 0 aliphatic carbocycles. The third kappa shape index (κ3) is 3.30. The Kier molecular flexibility index (Phi) is 4.74. The molecule has 0 saturated heterocycles. The second kappa shape index (κ2) is 6.53. The van der Waals surface area contributed by atoms with Crippen LogP contribution < -0.4 is 10.2 Å². The lowest BCUT2D eigenvalue weighted by atomic mass is 10.1. The van der Waals surface area contributed by atoms with Crippen LogP contribution in [0.1, 0.15) is 5.56 Å². The van der Waals surface area contributed by atoms with E-state index >= 15 is 0 Å². The zero-order valence-corrected chi connectivity index (χ0v) is 11.6. The van der Waals surface area contributed by atoms with Crippen molar-refractivity contribution < 1.29 is 23.8 Å². The molecule has 6 nitrogen and oxygen atoms in total. The van der Waals surface area contributed by atoms with Gasteiger partial charge in [0.05, 0.1) is 26.6 Å². The van der Waals surface area contributed by atoms with Crippen molar-refractivity contribution in [3.8, 4) is 0 Å². The van der Waals surface area contributed by atoms with Crippen LogP contribution in [0.25, 0.3) is 0 Å². The molecule has 1 aliphatic rings. The average molecular weight is 296 g/mol. The minimum Gasteiger partial charge on any atom is -0.467 e. The van der Waals surface area contributed by atoms with Crippen molar-refractivity contribution >= 4 is 23.3 Å². The molecule has 1 unspecified atom stereocenters. The van der Waals surface area contributed by atoms with E-state index in [2.05, 4.69) is 10.1 Å². The number of esters is 1. The van der Waals surface area contributed by atoms with Crippen molar-refractivity contribution in [1.29, 1.82) is 0 Å². The predicted octanol–water partition coefficient (Wildman–Crippen LogP) is 0.491. The first-order valence-electron chi connectivity index (χ1n) is 6.56. The Morgan fingerprint density at radius 1 is 1.57 bits per heavy atom. The second-order valence-electron chi connectivity index (χ2n) is 4.67. The Hall–Kier alpha value is -2.15. The van der Waals surface area contributed by atoms with E-state index in [1.54, 1.807) is 18.2 Å². The number of alkyl halides is 1. The largest absolute Gasteiger partial charge is 0.467 e.